The Bertz CT molecular complexity index is 265. The highest BCUT2D eigenvalue weighted by atomic mass is 35.5. The van der Waals surface area contributed by atoms with E-state index in [1.807, 2.05) is 27.7 Å². The highest BCUT2D eigenvalue weighted by Gasteiger charge is 2.36. The first kappa shape index (κ1) is 14.7. The number of esters is 1. The van der Waals surface area contributed by atoms with Gasteiger partial charge in [0, 0.05) is 12.3 Å². The van der Waals surface area contributed by atoms with E-state index in [-0.39, 0.29) is 30.7 Å². The van der Waals surface area contributed by atoms with E-state index < -0.39 is 5.79 Å². The average molecular weight is 265 g/mol. The van der Waals surface area contributed by atoms with Gasteiger partial charge in [0.25, 0.3) is 0 Å². The van der Waals surface area contributed by atoms with Gasteiger partial charge in [-0.05, 0) is 27.7 Å². The first-order chi connectivity index (χ1) is 7.82. The van der Waals surface area contributed by atoms with Gasteiger partial charge in [0.15, 0.2) is 5.79 Å². The molecule has 1 saturated heterocycles. The van der Waals surface area contributed by atoms with E-state index in [9.17, 15) is 4.79 Å². The SMILES string of the molecule is CC(C)OC(=O)C[C@H]1C[C@@H](CCl)OC(C)(C)O1. The van der Waals surface area contributed by atoms with Gasteiger partial charge in [0.2, 0.25) is 0 Å². The summed E-state index contributed by atoms with van der Waals surface area (Å²) in [7, 11) is 0. The van der Waals surface area contributed by atoms with Gasteiger partial charge in [-0.3, -0.25) is 4.79 Å². The van der Waals surface area contributed by atoms with Crippen LogP contribution in [0.5, 0.6) is 0 Å². The zero-order valence-corrected chi connectivity index (χ0v) is 11.6. The van der Waals surface area contributed by atoms with Crippen molar-refractivity contribution in [3.8, 4) is 0 Å². The van der Waals surface area contributed by atoms with Crippen LogP contribution in [0.15, 0.2) is 0 Å². The van der Waals surface area contributed by atoms with Crippen molar-refractivity contribution < 1.29 is 19.0 Å². The van der Waals surface area contributed by atoms with Crippen molar-refractivity contribution in [3.63, 3.8) is 0 Å². The molecule has 5 heteroatoms. The fourth-order valence-corrected chi connectivity index (χ4v) is 2.13. The largest absolute Gasteiger partial charge is 0.463 e. The van der Waals surface area contributed by atoms with E-state index in [2.05, 4.69) is 0 Å². The second kappa shape index (κ2) is 6.03. The molecule has 0 aromatic carbocycles. The summed E-state index contributed by atoms with van der Waals surface area (Å²) < 4.78 is 16.4. The highest BCUT2D eigenvalue weighted by Crippen LogP contribution is 2.29. The predicted octanol–water partition coefficient (Wildman–Crippen LogP) is 2.48. The van der Waals surface area contributed by atoms with Crippen molar-refractivity contribution in [2.45, 2.75) is 64.6 Å². The van der Waals surface area contributed by atoms with Crippen molar-refractivity contribution in [1.29, 1.82) is 0 Å². The molecule has 0 unspecified atom stereocenters. The normalized spacial score (nSPS) is 28.1. The summed E-state index contributed by atoms with van der Waals surface area (Å²) in [4.78, 5) is 11.6. The molecule has 1 aliphatic rings. The molecule has 0 N–H and O–H groups in total. The molecule has 1 fully saturated rings. The molecule has 2 atom stereocenters. The molecule has 0 aromatic rings. The summed E-state index contributed by atoms with van der Waals surface area (Å²) in [5.74, 6) is -0.528. The molecule has 1 heterocycles. The minimum absolute atomic E-state index is 0.0720. The van der Waals surface area contributed by atoms with Crippen LogP contribution in [0.4, 0.5) is 0 Å². The third kappa shape index (κ3) is 5.23. The maximum absolute atomic E-state index is 11.6. The molecule has 17 heavy (non-hydrogen) atoms. The van der Waals surface area contributed by atoms with Crippen LogP contribution in [0, 0.1) is 0 Å². The fraction of sp³-hybridized carbons (Fsp3) is 0.917. The summed E-state index contributed by atoms with van der Waals surface area (Å²) in [6, 6.07) is 0. The molecule has 100 valence electrons. The second-order valence-electron chi connectivity index (χ2n) is 5.01. The van der Waals surface area contributed by atoms with Gasteiger partial charge < -0.3 is 14.2 Å². The standard InChI is InChI=1S/C12H21ClO4/c1-8(2)15-11(14)6-9-5-10(7-13)17-12(3,4)16-9/h8-10H,5-7H2,1-4H3/t9-,10+/m1/s1. The van der Waals surface area contributed by atoms with Gasteiger partial charge in [0.05, 0.1) is 24.7 Å². The van der Waals surface area contributed by atoms with Gasteiger partial charge in [-0.15, -0.1) is 11.6 Å². The van der Waals surface area contributed by atoms with Crippen LogP contribution in [0.2, 0.25) is 0 Å². The summed E-state index contributed by atoms with van der Waals surface area (Å²) in [5.41, 5.74) is 0. The van der Waals surface area contributed by atoms with Crippen molar-refractivity contribution >= 4 is 17.6 Å². The van der Waals surface area contributed by atoms with Crippen LogP contribution in [0.1, 0.15) is 40.5 Å². The predicted molar refractivity (Wildman–Crippen MR) is 65.0 cm³/mol. The zero-order valence-electron chi connectivity index (χ0n) is 10.9. The monoisotopic (exact) mass is 264 g/mol. The van der Waals surface area contributed by atoms with Gasteiger partial charge in [-0.2, -0.15) is 0 Å². The van der Waals surface area contributed by atoms with E-state index in [0.717, 1.165) is 0 Å². The van der Waals surface area contributed by atoms with E-state index >= 15 is 0 Å². The molecular weight excluding hydrogens is 244 g/mol. The topological polar surface area (TPSA) is 44.8 Å². The lowest BCUT2D eigenvalue weighted by Crippen LogP contribution is -2.46. The van der Waals surface area contributed by atoms with Crippen LogP contribution in [0.25, 0.3) is 0 Å². The molecule has 4 nitrogen and oxygen atoms in total. The molecule has 0 spiro atoms. The minimum Gasteiger partial charge on any atom is -0.463 e. The van der Waals surface area contributed by atoms with E-state index in [4.69, 9.17) is 25.8 Å². The summed E-state index contributed by atoms with van der Waals surface area (Å²) in [6.45, 7) is 7.31. The number of ether oxygens (including phenoxy) is 3. The van der Waals surface area contributed by atoms with Crippen LogP contribution >= 0.6 is 11.6 Å². The Hall–Kier alpha value is -0.320. The van der Waals surface area contributed by atoms with Crippen molar-refractivity contribution in [2.24, 2.45) is 0 Å². The Morgan fingerprint density at radius 2 is 2.00 bits per heavy atom. The summed E-state index contributed by atoms with van der Waals surface area (Å²) in [5, 5.41) is 0. The lowest BCUT2D eigenvalue weighted by molar-refractivity contribution is -0.295. The lowest BCUT2D eigenvalue weighted by atomic mass is 10.1. The Balaban J connectivity index is 2.50. The van der Waals surface area contributed by atoms with Crippen LogP contribution in [0.3, 0.4) is 0 Å². The molecule has 0 bridgehead atoms. The van der Waals surface area contributed by atoms with Crippen molar-refractivity contribution in [2.75, 3.05) is 5.88 Å². The molecule has 0 radical (unpaired) electrons. The third-order valence-electron chi connectivity index (χ3n) is 2.36. The third-order valence-corrected chi connectivity index (χ3v) is 2.70. The molecule has 0 saturated carbocycles. The van der Waals surface area contributed by atoms with Crippen LogP contribution in [-0.2, 0) is 19.0 Å². The van der Waals surface area contributed by atoms with E-state index in [0.29, 0.717) is 12.3 Å². The Labute approximate surface area is 108 Å². The number of carbonyl (C=O) groups is 1. The molecule has 0 aromatic heterocycles. The smallest absolute Gasteiger partial charge is 0.308 e. The molecule has 1 rings (SSSR count). The summed E-state index contributed by atoms with van der Waals surface area (Å²) >= 11 is 5.80. The first-order valence-electron chi connectivity index (χ1n) is 5.93. The Morgan fingerprint density at radius 1 is 1.41 bits per heavy atom. The number of alkyl halides is 1. The zero-order chi connectivity index (χ0) is 13.1. The second-order valence-corrected chi connectivity index (χ2v) is 5.32. The highest BCUT2D eigenvalue weighted by molar-refractivity contribution is 6.18. The number of rotatable bonds is 4. The van der Waals surface area contributed by atoms with Crippen LogP contribution < -0.4 is 0 Å². The van der Waals surface area contributed by atoms with Gasteiger partial charge in [0.1, 0.15) is 0 Å². The Kier molecular flexibility index (Phi) is 5.22. The Morgan fingerprint density at radius 3 is 2.53 bits per heavy atom. The average Bonchev–Trinajstić information content (AvgIpc) is 2.13. The fourth-order valence-electron chi connectivity index (χ4n) is 1.94. The van der Waals surface area contributed by atoms with Crippen molar-refractivity contribution in [1.82, 2.24) is 0 Å². The van der Waals surface area contributed by atoms with Gasteiger partial charge in [-0.25, -0.2) is 0 Å². The lowest BCUT2D eigenvalue weighted by Gasteiger charge is -2.40. The van der Waals surface area contributed by atoms with E-state index in [1.54, 1.807) is 0 Å². The quantitative estimate of drug-likeness (QED) is 0.578. The van der Waals surface area contributed by atoms with Gasteiger partial charge in [-0.1, -0.05) is 0 Å². The van der Waals surface area contributed by atoms with Gasteiger partial charge >= 0.3 is 5.97 Å². The molecule has 0 aliphatic carbocycles. The van der Waals surface area contributed by atoms with E-state index in [1.165, 1.54) is 0 Å². The summed E-state index contributed by atoms with van der Waals surface area (Å²) in [6.07, 6.45) is 0.517. The number of hydrogen-bond acceptors (Lipinski definition) is 4. The van der Waals surface area contributed by atoms with Crippen LogP contribution in [-0.4, -0.2) is 35.9 Å². The minimum atomic E-state index is -0.694. The molecule has 1 aliphatic heterocycles. The maximum atomic E-state index is 11.6. The first-order valence-corrected chi connectivity index (χ1v) is 6.47. The maximum Gasteiger partial charge on any atom is 0.308 e. The van der Waals surface area contributed by atoms with Crippen molar-refractivity contribution in [3.05, 3.63) is 0 Å². The molecule has 0 amide bonds. The molecular formula is C12H21ClO4. The number of hydrogen-bond donors (Lipinski definition) is 0. The number of carbonyl (C=O) groups excluding carboxylic acids is 1. The number of halogens is 1.